The standard InChI is InChI=1S/C60H40N2S/c1-3-15-41(16-4-1)43-31-35-48(36-32-43)61(49-37-33-44(34-38-49)42-17-5-2-6-18-42)50-22-12-20-46(40-50)45-19-11-21-47(39-45)51-25-13-27-55-59(51)52-23-7-9-26-54(52)62(55)56-28-14-30-58-60(56)53-24-8-10-29-57(53)63-58/h1-40H. The summed E-state index contributed by atoms with van der Waals surface area (Å²) in [6.07, 6.45) is 0. The second-order valence-corrected chi connectivity index (χ2v) is 17.2. The van der Waals surface area contributed by atoms with Gasteiger partial charge in [-0.2, -0.15) is 0 Å². The third-order valence-electron chi connectivity index (χ3n) is 12.4. The Hall–Kier alpha value is -7.98. The van der Waals surface area contributed by atoms with Gasteiger partial charge in [0.25, 0.3) is 0 Å². The molecule has 0 radical (unpaired) electrons. The summed E-state index contributed by atoms with van der Waals surface area (Å²) >= 11 is 1.87. The number of para-hydroxylation sites is 1. The lowest BCUT2D eigenvalue weighted by Crippen LogP contribution is -2.10. The van der Waals surface area contributed by atoms with Crippen molar-refractivity contribution in [2.24, 2.45) is 0 Å². The molecule has 0 unspecified atom stereocenters. The Labute approximate surface area is 370 Å². The molecule has 3 heteroatoms. The first kappa shape index (κ1) is 36.8. The maximum absolute atomic E-state index is 2.48. The summed E-state index contributed by atoms with van der Waals surface area (Å²) in [5.74, 6) is 0. The molecule has 12 aromatic rings. The number of anilines is 3. The van der Waals surface area contributed by atoms with Crippen LogP contribution < -0.4 is 4.90 Å². The van der Waals surface area contributed by atoms with Crippen LogP contribution in [0.15, 0.2) is 243 Å². The highest BCUT2D eigenvalue weighted by molar-refractivity contribution is 7.25. The van der Waals surface area contributed by atoms with Gasteiger partial charge in [-0.1, -0.05) is 170 Å². The van der Waals surface area contributed by atoms with E-state index >= 15 is 0 Å². The molecule has 0 bridgehead atoms. The summed E-state index contributed by atoms with van der Waals surface area (Å²) in [6.45, 7) is 0. The quantitative estimate of drug-likeness (QED) is 0.148. The Kier molecular flexibility index (Phi) is 9.06. The van der Waals surface area contributed by atoms with Crippen molar-refractivity contribution in [1.29, 1.82) is 0 Å². The lowest BCUT2D eigenvalue weighted by atomic mass is 9.95. The van der Waals surface area contributed by atoms with Crippen LogP contribution >= 0.6 is 11.3 Å². The normalized spacial score (nSPS) is 11.5. The van der Waals surface area contributed by atoms with Crippen LogP contribution in [0, 0.1) is 0 Å². The van der Waals surface area contributed by atoms with Crippen LogP contribution in [0.2, 0.25) is 0 Å². The zero-order valence-electron chi connectivity index (χ0n) is 34.4. The zero-order valence-corrected chi connectivity index (χ0v) is 35.2. The number of rotatable bonds is 8. The van der Waals surface area contributed by atoms with Gasteiger partial charge < -0.3 is 9.47 Å². The summed E-state index contributed by atoms with van der Waals surface area (Å²) in [7, 11) is 0. The van der Waals surface area contributed by atoms with Crippen LogP contribution in [0.3, 0.4) is 0 Å². The highest BCUT2D eigenvalue weighted by atomic mass is 32.1. The molecular formula is C60H40N2S. The van der Waals surface area contributed by atoms with Gasteiger partial charge >= 0.3 is 0 Å². The summed E-state index contributed by atoms with van der Waals surface area (Å²) in [5.41, 5.74) is 16.5. The summed E-state index contributed by atoms with van der Waals surface area (Å²) < 4.78 is 5.10. The van der Waals surface area contributed by atoms with E-state index in [-0.39, 0.29) is 0 Å². The maximum Gasteiger partial charge on any atom is 0.0555 e. The number of benzene rings is 10. The number of thiophene rings is 1. The predicted molar refractivity (Wildman–Crippen MR) is 270 cm³/mol. The molecule has 0 saturated heterocycles. The van der Waals surface area contributed by atoms with E-state index in [0.717, 1.165) is 22.6 Å². The van der Waals surface area contributed by atoms with E-state index in [1.54, 1.807) is 0 Å². The second-order valence-electron chi connectivity index (χ2n) is 16.1. The fourth-order valence-electron chi connectivity index (χ4n) is 9.47. The van der Waals surface area contributed by atoms with Gasteiger partial charge in [-0.05, 0) is 117 Å². The average molecular weight is 821 g/mol. The monoisotopic (exact) mass is 820 g/mol. The first-order chi connectivity index (χ1) is 31.2. The Morgan fingerprint density at radius 3 is 1.52 bits per heavy atom. The number of nitrogens with zero attached hydrogens (tertiary/aromatic N) is 2. The molecule has 0 saturated carbocycles. The third kappa shape index (κ3) is 6.50. The fraction of sp³-hybridized carbons (Fsp3) is 0. The van der Waals surface area contributed by atoms with Crippen LogP contribution in [0.1, 0.15) is 0 Å². The van der Waals surface area contributed by atoms with Crippen molar-refractivity contribution in [2.45, 2.75) is 0 Å². The molecule has 0 aliphatic heterocycles. The van der Waals surface area contributed by atoms with Crippen molar-refractivity contribution >= 4 is 70.4 Å². The molecular weight excluding hydrogens is 781 g/mol. The van der Waals surface area contributed by atoms with E-state index in [0.29, 0.717) is 0 Å². The van der Waals surface area contributed by atoms with Gasteiger partial charge in [0.1, 0.15) is 0 Å². The van der Waals surface area contributed by atoms with Gasteiger partial charge in [0.2, 0.25) is 0 Å². The largest absolute Gasteiger partial charge is 0.310 e. The molecule has 2 heterocycles. The SMILES string of the molecule is c1ccc(-c2ccc(N(c3ccc(-c4ccccc4)cc3)c3cccc(-c4cccc(-c5cccc6c5c5ccccc5n6-c5cccc6sc7ccccc7c56)c4)c3)cc2)cc1. The number of fused-ring (bicyclic) bond motifs is 6. The van der Waals surface area contributed by atoms with Crippen LogP contribution in [0.4, 0.5) is 17.1 Å². The molecule has 0 spiro atoms. The molecule has 0 atom stereocenters. The van der Waals surface area contributed by atoms with Crippen LogP contribution in [0.25, 0.3) is 92.2 Å². The fourth-order valence-corrected chi connectivity index (χ4v) is 10.6. The summed E-state index contributed by atoms with van der Waals surface area (Å²) in [4.78, 5) is 2.36. The minimum Gasteiger partial charge on any atom is -0.310 e. The molecule has 0 amide bonds. The highest BCUT2D eigenvalue weighted by Gasteiger charge is 2.20. The maximum atomic E-state index is 2.48. The van der Waals surface area contributed by atoms with Crippen LogP contribution in [-0.2, 0) is 0 Å². The molecule has 10 aromatic carbocycles. The zero-order chi connectivity index (χ0) is 41.7. The van der Waals surface area contributed by atoms with E-state index in [2.05, 4.69) is 252 Å². The van der Waals surface area contributed by atoms with Gasteiger partial charge in [0, 0.05) is 48.0 Å². The molecule has 63 heavy (non-hydrogen) atoms. The smallest absolute Gasteiger partial charge is 0.0555 e. The van der Waals surface area contributed by atoms with Crippen molar-refractivity contribution < 1.29 is 0 Å². The van der Waals surface area contributed by atoms with Crippen molar-refractivity contribution in [1.82, 2.24) is 4.57 Å². The van der Waals surface area contributed by atoms with Crippen molar-refractivity contribution in [3.63, 3.8) is 0 Å². The summed E-state index contributed by atoms with van der Waals surface area (Å²) in [6, 6.07) is 88.2. The Morgan fingerprint density at radius 1 is 0.302 bits per heavy atom. The summed E-state index contributed by atoms with van der Waals surface area (Å²) in [5, 5.41) is 5.12. The molecule has 2 nitrogen and oxygen atoms in total. The highest BCUT2D eigenvalue weighted by Crippen LogP contribution is 2.44. The topological polar surface area (TPSA) is 8.17 Å². The average Bonchev–Trinajstić information content (AvgIpc) is 3.92. The van der Waals surface area contributed by atoms with Gasteiger partial charge in [-0.15, -0.1) is 11.3 Å². The van der Waals surface area contributed by atoms with E-state index in [9.17, 15) is 0 Å². The van der Waals surface area contributed by atoms with Crippen LogP contribution in [-0.4, -0.2) is 4.57 Å². The predicted octanol–water partition coefficient (Wildman–Crippen LogP) is 17.3. The van der Waals surface area contributed by atoms with E-state index < -0.39 is 0 Å². The van der Waals surface area contributed by atoms with E-state index in [1.165, 1.54) is 86.6 Å². The number of aromatic nitrogens is 1. The molecule has 296 valence electrons. The third-order valence-corrected chi connectivity index (χ3v) is 13.5. The first-order valence-electron chi connectivity index (χ1n) is 21.5. The molecule has 0 fully saturated rings. The number of hydrogen-bond acceptors (Lipinski definition) is 2. The van der Waals surface area contributed by atoms with E-state index in [1.807, 2.05) is 11.3 Å². The Morgan fingerprint density at radius 2 is 0.810 bits per heavy atom. The Bertz CT molecular complexity index is 3520. The molecule has 2 aromatic heterocycles. The van der Waals surface area contributed by atoms with Gasteiger partial charge in [0.15, 0.2) is 0 Å². The van der Waals surface area contributed by atoms with Gasteiger partial charge in [0.05, 0.1) is 16.7 Å². The van der Waals surface area contributed by atoms with Crippen molar-refractivity contribution in [3.05, 3.63) is 243 Å². The van der Waals surface area contributed by atoms with Gasteiger partial charge in [-0.3, -0.25) is 0 Å². The number of hydrogen-bond donors (Lipinski definition) is 0. The second kappa shape index (κ2) is 15.5. The lowest BCUT2D eigenvalue weighted by Gasteiger charge is -2.26. The Balaban J connectivity index is 0.968. The van der Waals surface area contributed by atoms with E-state index in [4.69, 9.17) is 0 Å². The van der Waals surface area contributed by atoms with Crippen molar-refractivity contribution in [3.8, 4) is 50.2 Å². The molecule has 0 N–H and O–H groups in total. The molecule has 0 aliphatic rings. The first-order valence-corrected chi connectivity index (χ1v) is 22.3. The minimum atomic E-state index is 1.10. The van der Waals surface area contributed by atoms with Crippen molar-refractivity contribution in [2.75, 3.05) is 4.90 Å². The molecule has 12 rings (SSSR count). The minimum absolute atomic E-state index is 1.10. The van der Waals surface area contributed by atoms with Gasteiger partial charge in [-0.25, -0.2) is 0 Å². The van der Waals surface area contributed by atoms with Crippen LogP contribution in [0.5, 0.6) is 0 Å². The lowest BCUT2D eigenvalue weighted by molar-refractivity contribution is 1.20. The molecule has 0 aliphatic carbocycles.